The third kappa shape index (κ3) is 2.67. The van der Waals surface area contributed by atoms with Gasteiger partial charge >= 0.3 is 0 Å². The lowest BCUT2D eigenvalue weighted by atomic mass is 10.3. The summed E-state index contributed by atoms with van der Waals surface area (Å²) in [5.41, 5.74) is 6.67. The highest BCUT2D eigenvalue weighted by atomic mass is 32.2. The SMILES string of the molecule is CSc1c(N2CCCSCC2)sc(C#N)c1N. The minimum atomic E-state index is 0.654. The molecule has 0 amide bonds. The molecule has 3 nitrogen and oxygen atoms in total. The lowest BCUT2D eigenvalue weighted by molar-refractivity contribution is 0.818. The predicted octanol–water partition coefficient (Wildman–Crippen LogP) is 2.87. The van der Waals surface area contributed by atoms with Gasteiger partial charge in [-0.05, 0) is 18.4 Å². The van der Waals surface area contributed by atoms with E-state index >= 15 is 0 Å². The van der Waals surface area contributed by atoms with Crippen molar-refractivity contribution in [2.75, 3.05) is 41.5 Å². The number of nitrogens with two attached hydrogens (primary N) is 1. The van der Waals surface area contributed by atoms with E-state index in [0.29, 0.717) is 10.6 Å². The maximum Gasteiger partial charge on any atom is 0.131 e. The first-order valence-corrected chi connectivity index (χ1v) is 8.66. The van der Waals surface area contributed by atoms with Crippen molar-refractivity contribution in [3.63, 3.8) is 0 Å². The number of nitrogens with zero attached hydrogens (tertiary/aromatic N) is 2. The molecule has 1 aromatic heterocycles. The van der Waals surface area contributed by atoms with E-state index in [2.05, 4.69) is 11.0 Å². The maximum absolute atomic E-state index is 9.05. The van der Waals surface area contributed by atoms with E-state index in [1.165, 1.54) is 28.5 Å². The van der Waals surface area contributed by atoms with Crippen LogP contribution in [0.4, 0.5) is 10.7 Å². The summed E-state index contributed by atoms with van der Waals surface area (Å²) in [6.45, 7) is 2.13. The molecule has 2 N–H and O–H groups in total. The van der Waals surface area contributed by atoms with Crippen molar-refractivity contribution in [2.24, 2.45) is 0 Å². The lowest BCUT2D eigenvalue weighted by Gasteiger charge is -2.21. The Bertz CT molecular complexity index is 428. The molecule has 0 unspecified atom stereocenters. The van der Waals surface area contributed by atoms with Crippen LogP contribution < -0.4 is 10.6 Å². The number of anilines is 2. The van der Waals surface area contributed by atoms with Crippen molar-refractivity contribution >= 4 is 45.5 Å². The Balaban J connectivity index is 2.33. The average Bonchev–Trinajstić information content (AvgIpc) is 2.55. The number of thioether (sulfide) groups is 2. The second-order valence-corrected chi connectivity index (χ2v) is 6.79. The van der Waals surface area contributed by atoms with E-state index in [4.69, 9.17) is 11.0 Å². The highest BCUT2D eigenvalue weighted by Crippen LogP contribution is 2.43. The normalized spacial score (nSPS) is 16.6. The van der Waals surface area contributed by atoms with Crippen molar-refractivity contribution in [3.05, 3.63) is 4.88 Å². The standard InChI is InChI=1S/C11H15N3S3/c1-15-10-9(13)8(7-12)17-11(10)14-3-2-5-16-6-4-14/h2-6,13H2,1H3. The van der Waals surface area contributed by atoms with Gasteiger partial charge in [0.05, 0.1) is 10.6 Å². The van der Waals surface area contributed by atoms with Crippen LogP contribution in [0.1, 0.15) is 11.3 Å². The highest BCUT2D eigenvalue weighted by Gasteiger charge is 2.20. The smallest absolute Gasteiger partial charge is 0.131 e. The van der Waals surface area contributed by atoms with E-state index in [0.717, 1.165) is 23.7 Å². The Morgan fingerprint density at radius 3 is 2.94 bits per heavy atom. The number of hydrogen-bond donors (Lipinski definition) is 1. The molecule has 92 valence electrons. The summed E-state index contributed by atoms with van der Waals surface area (Å²) in [7, 11) is 0. The van der Waals surface area contributed by atoms with Crippen LogP contribution in [0, 0.1) is 11.3 Å². The Morgan fingerprint density at radius 2 is 2.24 bits per heavy atom. The quantitative estimate of drug-likeness (QED) is 0.847. The molecule has 17 heavy (non-hydrogen) atoms. The zero-order valence-corrected chi connectivity index (χ0v) is 12.2. The highest BCUT2D eigenvalue weighted by molar-refractivity contribution is 7.99. The number of nitrogen functional groups attached to an aromatic ring is 1. The topological polar surface area (TPSA) is 53.0 Å². The maximum atomic E-state index is 9.05. The van der Waals surface area contributed by atoms with Crippen LogP contribution in [0.3, 0.4) is 0 Å². The van der Waals surface area contributed by atoms with Crippen molar-refractivity contribution in [2.45, 2.75) is 11.3 Å². The molecule has 6 heteroatoms. The van der Waals surface area contributed by atoms with Gasteiger partial charge in [-0.1, -0.05) is 0 Å². The van der Waals surface area contributed by atoms with Gasteiger partial charge in [-0.25, -0.2) is 0 Å². The fourth-order valence-electron chi connectivity index (χ4n) is 1.85. The van der Waals surface area contributed by atoms with Gasteiger partial charge in [-0.2, -0.15) is 17.0 Å². The molecule has 1 aliphatic rings. The van der Waals surface area contributed by atoms with Crippen LogP contribution >= 0.6 is 34.9 Å². The van der Waals surface area contributed by atoms with E-state index < -0.39 is 0 Å². The number of nitriles is 1. The molecule has 0 saturated carbocycles. The molecule has 1 aliphatic heterocycles. The molecule has 0 atom stereocenters. The lowest BCUT2D eigenvalue weighted by Crippen LogP contribution is -2.24. The molecule has 0 spiro atoms. The molecule has 0 bridgehead atoms. The van der Waals surface area contributed by atoms with E-state index in [1.54, 1.807) is 11.8 Å². The van der Waals surface area contributed by atoms with Crippen molar-refractivity contribution in [3.8, 4) is 6.07 Å². The van der Waals surface area contributed by atoms with E-state index in [9.17, 15) is 0 Å². The van der Waals surface area contributed by atoms with Gasteiger partial charge in [0.15, 0.2) is 0 Å². The summed E-state index contributed by atoms with van der Waals surface area (Å²) in [6.07, 6.45) is 3.23. The molecule has 1 fully saturated rings. The largest absolute Gasteiger partial charge is 0.396 e. The van der Waals surface area contributed by atoms with Crippen molar-refractivity contribution in [1.82, 2.24) is 0 Å². The minimum Gasteiger partial charge on any atom is -0.396 e. The first-order chi connectivity index (χ1) is 8.27. The summed E-state index contributed by atoms with van der Waals surface area (Å²) in [4.78, 5) is 4.12. The van der Waals surface area contributed by atoms with Gasteiger partial charge in [0.2, 0.25) is 0 Å². The summed E-state index contributed by atoms with van der Waals surface area (Å²) in [6, 6.07) is 2.19. The Morgan fingerprint density at radius 1 is 1.41 bits per heavy atom. The molecule has 0 aromatic carbocycles. The van der Waals surface area contributed by atoms with Gasteiger partial charge in [0, 0.05) is 18.8 Å². The van der Waals surface area contributed by atoms with Crippen LogP contribution in [0.15, 0.2) is 4.90 Å². The number of hydrogen-bond acceptors (Lipinski definition) is 6. The first-order valence-electron chi connectivity index (χ1n) is 5.47. The van der Waals surface area contributed by atoms with Gasteiger partial charge in [-0.3, -0.25) is 0 Å². The average molecular weight is 285 g/mol. The summed E-state index contributed by atoms with van der Waals surface area (Å²) in [5.74, 6) is 2.39. The Labute approximate surface area is 114 Å². The third-order valence-corrected chi connectivity index (χ3v) is 5.87. The molecule has 1 saturated heterocycles. The monoisotopic (exact) mass is 285 g/mol. The summed E-state index contributed by atoms with van der Waals surface area (Å²) in [5, 5.41) is 10.2. The Kier molecular flexibility index (Phi) is 4.48. The fraction of sp³-hybridized carbons (Fsp3) is 0.545. The number of rotatable bonds is 2. The van der Waals surface area contributed by atoms with Gasteiger partial charge in [0.1, 0.15) is 15.9 Å². The fourth-order valence-corrected chi connectivity index (χ4v) is 4.77. The molecule has 2 heterocycles. The zero-order valence-electron chi connectivity index (χ0n) is 9.73. The second kappa shape index (κ2) is 5.89. The van der Waals surface area contributed by atoms with Gasteiger partial charge in [-0.15, -0.1) is 23.1 Å². The van der Waals surface area contributed by atoms with Crippen molar-refractivity contribution < 1.29 is 0 Å². The molecule has 0 radical (unpaired) electrons. The molecular weight excluding hydrogens is 270 g/mol. The zero-order chi connectivity index (χ0) is 12.3. The summed E-state index contributed by atoms with van der Waals surface area (Å²) >= 11 is 5.19. The van der Waals surface area contributed by atoms with Gasteiger partial charge in [0.25, 0.3) is 0 Å². The van der Waals surface area contributed by atoms with Crippen LogP contribution in [0.25, 0.3) is 0 Å². The van der Waals surface area contributed by atoms with Crippen LogP contribution in [0.2, 0.25) is 0 Å². The number of thiophene rings is 1. The molecule has 2 rings (SSSR count). The third-order valence-electron chi connectivity index (χ3n) is 2.70. The summed E-state index contributed by atoms with van der Waals surface area (Å²) < 4.78 is 0. The van der Waals surface area contributed by atoms with E-state index in [-0.39, 0.29) is 0 Å². The van der Waals surface area contributed by atoms with Crippen molar-refractivity contribution in [1.29, 1.82) is 5.26 Å². The molecule has 1 aromatic rings. The molecule has 0 aliphatic carbocycles. The van der Waals surface area contributed by atoms with Crippen LogP contribution in [0.5, 0.6) is 0 Å². The first kappa shape index (κ1) is 12.9. The predicted molar refractivity (Wildman–Crippen MR) is 79.4 cm³/mol. The van der Waals surface area contributed by atoms with E-state index in [1.807, 2.05) is 18.0 Å². The van der Waals surface area contributed by atoms with Crippen LogP contribution in [-0.4, -0.2) is 30.9 Å². The minimum absolute atomic E-state index is 0.654. The molecular formula is C11H15N3S3. The van der Waals surface area contributed by atoms with Gasteiger partial charge < -0.3 is 10.6 Å². The second-order valence-electron chi connectivity index (χ2n) is 3.75. The van der Waals surface area contributed by atoms with Crippen LogP contribution in [-0.2, 0) is 0 Å². The Hall–Kier alpha value is -0.510.